The van der Waals surface area contributed by atoms with E-state index in [1.807, 2.05) is 6.92 Å². The van der Waals surface area contributed by atoms with E-state index in [4.69, 9.17) is 26.8 Å². The average Bonchev–Trinajstić information content (AvgIpc) is 2.61. The molecule has 7 nitrogen and oxygen atoms in total. The summed E-state index contributed by atoms with van der Waals surface area (Å²) in [6, 6.07) is 9.93. The standard InChI is InChI=1S/C18H17ClIN3O4/c1-2-26-15-8-11(7-14(20)17(15)27-10-16(21)24)9-22-23-18(25)12-3-5-13(19)6-4-12/h3-9H,2,10H2,1H3,(H2,21,24)(H,23,25)/b22-9+. The number of nitrogens with zero attached hydrogens (tertiary/aromatic N) is 1. The molecule has 0 aliphatic heterocycles. The van der Waals surface area contributed by atoms with Crippen molar-refractivity contribution in [3.63, 3.8) is 0 Å². The molecule has 2 rings (SSSR count). The van der Waals surface area contributed by atoms with Gasteiger partial charge in [0.1, 0.15) is 0 Å². The molecule has 0 spiro atoms. The molecule has 27 heavy (non-hydrogen) atoms. The summed E-state index contributed by atoms with van der Waals surface area (Å²) in [4.78, 5) is 23.0. The van der Waals surface area contributed by atoms with Gasteiger partial charge in [-0.15, -0.1) is 0 Å². The van der Waals surface area contributed by atoms with E-state index in [9.17, 15) is 9.59 Å². The zero-order valence-corrected chi connectivity index (χ0v) is 17.3. The van der Waals surface area contributed by atoms with Gasteiger partial charge in [-0.05, 0) is 71.5 Å². The SMILES string of the molecule is CCOc1cc(/C=N/NC(=O)c2ccc(Cl)cc2)cc(I)c1OCC(N)=O. The number of amides is 2. The van der Waals surface area contributed by atoms with Gasteiger partial charge in [-0.2, -0.15) is 5.10 Å². The first-order valence-corrected chi connectivity index (χ1v) is 9.32. The fourth-order valence-electron chi connectivity index (χ4n) is 2.04. The van der Waals surface area contributed by atoms with Gasteiger partial charge < -0.3 is 15.2 Å². The Bertz CT molecular complexity index is 856. The molecule has 2 aromatic carbocycles. The molecule has 0 aliphatic carbocycles. The van der Waals surface area contributed by atoms with Crippen molar-refractivity contribution in [3.8, 4) is 11.5 Å². The Labute approximate surface area is 175 Å². The highest BCUT2D eigenvalue weighted by Crippen LogP contribution is 2.33. The second-order valence-electron chi connectivity index (χ2n) is 5.22. The maximum absolute atomic E-state index is 12.0. The summed E-state index contributed by atoms with van der Waals surface area (Å²) in [7, 11) is 0. The minimum absolute atomic E-state index is 0.249. The van der Waals surface area contributed by atoms with E-state index in [0.717, 1.165) is 0 Å². The number of carbonyl (C=O) groups excluding carboxylic acids is 2. The molecule has 0 saturated carbocycles. The molecule has 0 radical (unpaired) electrons. The third-order valence-electron chi connectivity index (χ3n) is 3.18. The van der Waals surface area contributed by atoms with Gasteiger partial charge in [0.05, 0.1) is 16.4 Å². The number of rotatable bonds is 8. The van der Waals surface area contributed by atoms with Crippen LogP contribution in [0.5, 0.6) is 11.5 Å². The Morgan fingerprint density at radius 2 is 1.96 bits per heavy atom. The van der Waals surface area contributed by atoms with Crippen molar-refractivity contribution >= 4 is 52.2 Å². The van der Waals surface area contributed by atoms with Crippen LogP contribution in [0.4, 0.5) is 0 Å². The van der Waals surface area contributed by atoms with Crippen LogP contribution in [-0.4, -0.2) is 31.2 Å². The van der Waals surface area contributed by atoms with E-state index >= 15 is 0 Å². The summed E-state index contributed by atoms with van der Waals surface area (Å²) in [6.45, 7) is 2.00. The van der Waals surface area contributed by atoms with Gasteiger partial charge in [-0.1, -0.05) is 11.6 Å². The minimum atomic E-state index is -0.580. The molecule has 142 valence electrons. The van der Waals surface area contributed by atoms with Crippen molar-refractivity contribution in [2.75, 3.05) is 13.2 Å². The highest BCUT2D eigenvalue weighted by Gasteiger charge is 2.13. The lowest BCUT2D eigenvalue weighted by molar-refractivity contribution is -0.119. The summed E-state index contributed by atoms with van der Waals surface area (Å²) >= 11 is 7.86. The van der Waals surface area contributed by atoms with Crippen LogP contribution in [0.1, 0.15) is 22.8 Å². The summed E-state index contributed by atoms with van der Waals surface area (Å²) in [5.41, 5.74) is 8.69. The van der Waals surface area contributed by atoms with E-state index in [0.29, 0.717) is 37.8 Å². The predicted octanol–water partition coefficient (Wildman–Crippen LogP) is 2.97. The van der Waals surface area contributed by atoms with Crippen molar-refractivity contribution in [2.24, 2.45) is 10.8 Å². The zero-order chi connectivity index (χ0) is 19.8. The molecule has 2 aromatic rings. The lowest BCUT2D eigenvalue weighted by atomic mass is 10.2. The van der Waals surface area contributed by atoms with Gasteiger partial charge in [0.2, 0.25) is 0 Å². The first-order chi connectivity index (χ1) is 12.9. The molecule has 0 heterocycles. The molecule has 0 bridgehead atoms. The number of halogens is 2. The number of hydrazone groups is 1. The summed E-state index contributed by atoms with van der Waals surface area (Å²) in [5.74, 6) is -0.0532. The highest BCUT2D eigenvalue weighted by molar-refractivity contribution is 14.1. The van der Waals surface area contributed by atoms with Gasteiger partial charge >= 0.3 is 0 Å². The number of hydrogen-bond acceptors (Lipinski definition) is 5. The van der Waals surface area contributed by atoms with Crippen molar-refractivity contribution in [1.82, 2.24) is 5.43 Å². The minimum Gasteiger partial charge on any atom is -0.490 e. The molecular formula is C18H17ClIN3O4. The third kappa shape index (κ3) is 6.40. The quantitative estimate of drug-likeness (QED) is 0.330. The fraction of sp³-hybridized carbons (Fsp3) is 0.167. The smallest absolute Gasteiger partial charge is 0.271 e. The monoisotopic (exact) mass is 501 g/mol. The van der Waals surface area contributed by atoms with Gasteiger partial charge in [0.25, 0.3) is 11.8 Å². The second kappa shape index (κ2) is 10.1. The molecule has 9 heteroatoms. The zero-order valence-electron chi connectivity index (χ0n) is 14.4. The Morgan fingerprint density at radius 3 is 2.59 bits per heavy atom. The van der Waals surface area contributed by atoms with E-state index < -0.39 is 5.91 Å². The largest absolute Gasteiger partial charge is 0.490 e. The van der Waals surface area contributed by atoms with Gasteiger partial charge in [-0.3, -0.25) is 9.59 Å². The van der Waals surface area contributed by atoms with E-state index in [-0.39, 0.29) is 12.5 Å². The second-order valence-corrected chi connectivity index (χ2v) is 6.82. The molecule has 0 aromatic heterocycles. The number of carbonyl (C=O) groups is 2. The van der Waals surface area contributed by atoms with E-state index in [2.05, 4.69) is 33.1 Å². The lowest BCUT2D eigenvalue weighted by Gasteiger charge is -2.13. The van der Waals surface area contributed by atoms with Gasteiger partial charge in [-0.25, -0.2) is 5.43 Å². The average molecular weight is 502 g/mol. The first-order valence-electron chi connectivity index (χ1n) is 7.87. The van der Waals surface area contributed by atoms with Crippen LogP contribution in [-0.2, 0) is 4.79 Å². The van der Waals surface area contributed by atoms with E-state index in [1.165, 1.54) is 6.21 Å². The maximum Gasteiger partial charge on any atom is 0.271 e. The molecule has 0 atom stereocenters. The third-order valence-corrected chi connectivity index (χ3v) is 4.23. The fourth-order valence-corrected chi connectivity index (χ4v) is 2.95. The molecule has 0 unspecified atom stereocenters. The van der Waals surface area contributed by atoms with Crippen molar-refractivity contribution in [3.05, 3.63) is 56.1 Å². The number of benzene rings is 2. The number of nitrogens with one attached hydrogen (secondary N) is 1. The number of nitrogens with two attached hydrogens (primary N) is 1. The van der Waals surface area contributed by atoms with Crippen LogP contribution >= 0.6 is 34.2 Å². The molecular weight excluding hydrogens is 485 g/mol. The Morgan fingerprint density at radius 1 is 1.26 bits per heavy atom. The number of hydrogen-bond donors (Lipinski definition) is 2. The van der Waals surface area contributed by atoms with Crippen LogP contribution in [0, 0.1) is 3.57 Å². The van der Waals surface area contributed by atoms with Crippen LogP contribution < -0.4 is 20.6 Å². The highest BCUT2D eigenvalue weighted by atomic mass is 127. The van der Waals surface area contributed by atoms with Crippen LogP contribution in [0.3, 0.4) is 0 Å². The number of primary amides is 1. The Balaban J connectivity index is 2.12. The molecule has 0 saturated heterocycles. The summed E-state index contributed by atoms with van der Waals surface area (Å²) in [6.07, 6.45) is 1.48. The number of ether oxygens (including phenoxy) is 2. The van der Waals surface area contributed by atoms with E-state index in [1.54, 1.807) is 36.4 Å². The summed E-state index contributed by atoms with van der Waals surface area (Å²) < 4.78 is 11.7. The maximum atomic E-state index is 12.0. The van der Waals surface area contributed by atoms with Gasteiger partial charge in [0.15, 0.2) is 18.1 Å². The topological polar surface area (TPSA) is 103 Å². The Hall–Kier alpha value is -2.33. The van der Waals surface area contributed by atoms with Crippen LogP contribution in [0.25, 0.3) is 0 Å². The molecule has 0 aliphatic rings. The molecule has 2 amide bonds. The summed E-state index contributed by atoms with van der Waals surface area (Å²) in [5, 5.41) is 4.50. The molecule has 0 fully saturated rings. The predicted molar refractivity (Wildman–Crippen MR) is 112 cm³/mol. The van der Waals surface area contributed by atoms with Crippen LogP contribution in [0.15, 0.2) is 41.5 Å². The lowest BCUT2D eigenvalue weighted by Crippen LogP contribution is -2.20. The first kappa shape index (κ1) is 21.0. The van der Waals surface area contributed by atoms with Crippen LogP contribution in [0.2, 0.25) is 5.02 Å². The Kier molecular flexibility index (Phi) is 7.86. The normalized spacial score (nSPS) is 10.6. The van der Waals surface area contributed by atoms with Crippen molar-refractivity contribution < 1.29 is 19.1 Å². The molecule has 3 N–H and O–H groups in total. The van der Waals surface area contributed by atoms with Crippen molar-refractivity contribution in [1.29, 1.82) is 0 Å². The van der Waals surface area contributed by atoms with Gasteiger partial charge in [0, 0.05) is 10.6 Å². The van der Waals surface area contributed by atoms with Crippen molar-refractivity contribution in [2.45, 2.75) is 6.92 Å².